The van der Waals surface area contributed by atoms with Crippen molar-refractivity contribution in [1.29, 1.82) is 0 Å². The molecular formula is C12H21NO4. The summed E-state index contributed by atoms with van der Waals surface area (Å²) in [7, 11) is 1.50. The van der Waals surface area contributed by atoms with Crippen molar-refractivity contribution in [3.63, 3.8) is 0 Å². The molecule has 1 amide bonds. The summed E-state index contributed by atoms with van der Waals surface area (Å²) in [5.74, 6) is -0.0546. The molecule has 0 radical (unpaired) electrons. The van der Waals surface area contributed by atoms with Crippen LogP contribution in [0.1, 0.15) is 27.2 Å². The molecule has 0 spiro atoms. The molecule has 5 heteroatoms. The van der Waals surface area contributed by atoms with Gasteiger partial charge in [0.2, 0.25) is 0 Å². The molecule has 1 rings (SSSR count). The third-order valence-corrected chi connectivity index (χ3v) is 2.58. The van der Waals surface area contributed by atoms with Crippen LogP contribution in [0.15, 0.2) is 0 Å². The maximum Gasteiger partial charge on any atom is 0.410 e. The van der Waals surface area contributed by atoms with E-state index in [4.69, 9.17) is 9.47 Å². The van der Waals surface area contributed by atoms with E-state index in [-0.39, 0.29) is 24.4 Å². The number of rotatable bonds is 3. The van der Waals surface area contributed by atoms with Crippen molar-refractivity contribution < 1.29 is 19.1 Å². The lowest BCUT2D eigenvalue weighted by molar-refractivity contribution is -0.126. The SMILES string of the molecule is COCC(=O)C1CCN(C(=O)OC(C)(C)C)C1. The lowest BCUT2D eigenvalue weighted by Crippen LogP contribution is -2.36. The summed E-state index contributed by atoms with van der Waals surface area (Å²) in [4.78, 5) is 24.9. The van der Waals surface area contributed by atoms with E-state index in [0.29, 0.717) is 19.5 Å². The highest BCUT2D eigenvalue weighted by molar-refractivity contribution is 5.83. The molecule has 0 bridgehead atoms. The monoisotopic (exact) mass is 243 g/mol. The second-order valence-electron chi connectivity index (χ2n) is 5.31. The first-order chi connectivity index (χ1) is 7.83. The number of nitrogens with zero attached hydrogens (tertiary/aromatic N) is 1. The minimum atomic E-state index is -0.494. The number of ether oxygens (including phenoxy) is 2. The summed E-state index contributed by atoms with van der Waals surface area (Å²) >= 11 is 0. The fourth-order valence-electron chi connectivity index (χ4n) is 1.78. The summed E-state index contributed by atoms with van der Waals surface area (Å²) in [6.45, 7) is 6.62. The summed E-state index contributed by atoms with van der Waals surface area (Å²) in [6, 6.07) is 0. The summed E-state index contributed by atoms with van der Waals surface area (Å²) < 4.78 is 10.1. The number of carbonyl (C=O) groups is 2. The van der Waals surface area contributed by atoms with Gasteiger partial charge in [-0.1, -0.05) is 0 Å². The van der Waals surface area contributed by atoms with E-state index in [1.807, 2.05) is 20.8 Å². The molecule has 1 heterocycles. The lowest BCUT2D eigenvalue weighted by Gasteiger charge is -2.24. The first-order valence-electron chi connectivity index (χ1n) is 5.83. The van der Waals surface area contributed by atoms with E-state index in [2.05, 4.69) is 0 Å². The average molecular weight is 243 g/mol. The van der Waals surface area contributed by atoms with E-state index in [1.54, 1.807) is 4.90 Å². The summed E-state index contributed by atoms with van der Waals surface area (Å²) in [5.41, 5.74) is -0.494. The maximum absolute atomic E-state index is 11.7. The molecule has 0 saturated carbocycles. The van der Waals surface area contributed by atoms with Crippen molar-refractivity contribution in [2.75, 3.05) is 26.8 Å². The molecule has 5 nitrogen and oxygen atoms in total. The topological polar surface area (TPSA) is 55.8 Å². The molecule has 0 aromatic rings. The molecule has 0 aromatic heterocycles. The van der Waals surface area contributed by atoms with Gasteiger partial charge in [-0.15, -0.1) is 0 Å². The number of hydrogen-bond donors (Lipinski definition) is 0. The minimum absolute atomic E-state index is 0.0542. The van der Waals surface area contributed by atoms with Crippen LogP contribution in [0.4, 0.5) is 4.79 Å². The van der Waals surface area contributed by atoms with Crippen LogP contribution in [0.2, 0.25) is 0 Å². The number of amides is 1. The van der Waals surface area contributed by atoms with Crippen LogP contribution in [0.5, 0.6) is 0 Å². The first kappa shape index (κ1) is 14.0. The number of ketones is 1. The maximum atomic E-state index is 11.7. The molecule has 0 aliphatic carbocycles. The van der Waals surface area contributed by atoms with E-state index < -0.39 is 5.60 Å². The quantitative estimate of drug-likeness (QED) is 0.753. The first-order valence-corrected chi connectivity index (χ1v) is 5.83. The predicted octanol–water partition coefficient (Wildman–Crippen LogP) is 1.46. The number of Topliss-reactive ketones (excluding diaryl/α,β-unsaturated/α-hetero) is 1. The Morgan fingerprint density at radius 1 is 1.35 bits per heavy atom. The number of hydrogen-bond acceptors (Lipinski definition) is 4. The van der Waals surface area contributed by atoms with Crippen LogP contribution in [0.25, 0.3) is 0 Å². The van der Waals surface area contributed by atoms with Gasteiger partial charge in [0.1, 0.15) is 12.2 Å². The highest BCUT2D eigenvalue weighted by atomic mass is 16.6. The summed E-state index contributed by atoms with van der Waals surface area (Å²) in [6.07, 6.45) is 0.353. The Hall–Kier alpha value is -1.10. The minimum Gasteiger partial charge on any atom is -0.444 e. The number of likely N-dealkylation sites (tertiary alicyclic amines) is 1. The highest BCUT2D eigenvalue weighted by Crippen LogP contribution is 2.20. The Morgan fingerprint density at radius 2 is 2.00 bits per heavy atom. The highest BCUT2D eigenvalue weighted by Gasteiger charge is 2.32. The van der Waals surface area contributed by atoms with Gasteiger partial charge in [-0.3, -0.25) is 4.79 Å². The van der Waals surface area contributed by atoms with Crippen LogP contribution < -0.4 is 0 Å². The van der Waals surface area contributed by atoms with E-state index in [1.165, 1.54) is 7.11 Å². The van der Waals surface area contributed by atoms with Crippen molar-refractivity contribution in [1.82, 2.24) is 4.90 Å². The van der Waals surface area contributed by atoms with Gasteiger partial charge < -0.3 is 14.4 Å². The van der Waals surface area contributed by atoms with Crippen molar-refractivity contribution in [2.24, 2.45) is 5.92 Å². The molecule has 0 N–H and O–H groups in total. The lowest BCUT2D eigenvalue weighted by atomic mass is 10.0. The van der Waals surface area contributed by atoms with Gasteiger partial charge in [-0.05, 0) is 27.2 Å². The van der Waals surface area contributed by atoms with Crippen LogP contribution in [0.3, 0.4) is 0 Å². The zero-order valence-electron chi connectivity index (χ0n) is 11.0. The van der Waals surface area contributed by atoms with Gasteiger partial charge in [-0.25, -0.2) is 4.79 Å². The van der Waals surface area contributed by atoms with Gasteiger partial charge in [-0.2, -0.15) is 0 Å². The van der Waals surface area contributed by atoms with E-state index in [0.717, 1.165) is 0 Å². The number of carbonyl (C=O) groups excluding carboxylic acids is 2. The van der Waals surface area contributed by atoms with Crippen molar-refractivity contribution in [3.8, 4) is 0 Å². The van der Waals surface area contributed by atoms with Gasteiger partial charge in [0.25, 0.3) is 0 Å². The second kappa shape index (κ2) is 5.49. The van der Waals surface area contributed by atoms with Gasteiger partial charge in [0.05, 0.1) is 0 Å². The largest absolute Gasteiger partial charge is 0.444 e. The number of methoxy groups -OCH3 is 1. The normalized spacial score (nSPS) is 20.5. The van der Waals surface area contributed by atoms with Gasteiger partial charge in [0.15, 0.2) is 5.78 Å². The third-order valence-electron chi connectivity index (χ3n) is 2.58. The fraction of sp³-hybridized carbons (Fsp3) is 0.833. The molecule has 1 aliphatic heterocycles. The van der Waals surface area contributed by atoms with Gasteiger partial charge >= 0.3 is 6.09 Å². The Labute approximate surface area is 102 Å². The molecule has 98 valence electrons. The second-order valence-corrected chi connectivity index (χ2v) is 5.31. The molecule has 1 atom stereocenters. The molecule has 17 heavy (non-hydrogen) atoms. The van der Waals surface area contributed by atoms with E-state index >= 15 is 0 Å². The average Bonchev–Trinajstić information content (AvgIpc) is 2.63. The molecule has 1 fully saturated rings. The molecular weight excluding hydrogens is 222 g/mol. The summed E-state index contributed by atoms with van der Waals surface area (Å²) in [5, 5.41) is 0. The van der Waals surface area contributed by atoms with Crippen molar-refractivity contribution in [3.05, 3.63) is 0 Å². The van der Waals surface area contributed by atoms with Crippen LogP contribution >= 0.6 is 0 Å². The van der Waals surface area contributed by atoms with Crippen LogP contribution in [-0.2, 0) is 14.3 Å². The molecule has 1 unspecified atom stereocenters. The van der Waals surface area contributed by atoms with Crippen molar-refractivity contribution in [2.45, 2.75) is 32.8 Å². The van der Waals surface area contributed by atoms with Crippen LogP contribution in [0, 0.1) is 5.92 Å². The molecule has 0 aromatic carbocycles. The standard InChI is InChI=1S/C12H21NO4/c1-12(2,3)17-11(15)13-6-5-9(7-13)10(14)8-16-4/h9H,5-8H2,1-4H3. The zero-order chi connectivity index (χ0) is 13.1. The van der Waals surface area contributed by atoms with Crippen molar-refractivity contribution >= 4 is 11.9 Å². The Bertz CT molecular complexity index is 295. The Morgan fingerprint density at radius 3 is 2.53 bits per heavy atom. The van der Waals surface area contributed by atoms with E-state index in [9.17, 15) is 9.59 Å². The fourth-order valence-corrected chi connectivity index (χ4v) is 1.78. The Balaban J connectivity index is 2.45. The molecule has 1 saturated heterocycles. The van der Waals surface area contributed by atoms with Crippen LogP contribution in [-0.4, -0.2) is 49.2 Å². The Kier molecular flexibility index (Phi) is 4.51. The van der Waals surface area contributed by atoms with Gasteiger partial charge in [0, 0.05) is 26.1 Å². The third kappa shape index (κ3) is 4.34. The smallest absolute Gasteiger partial charge is 0.410 e. The molecule has 1 aliphatic rings. The zero-order valence-corrected chi connectivity index (χ0v) is 11.0. The predicted molar refractivity (Wildman–Crippen MR) is 62.8 cm³/mol.